The van der Waals surface area contributed by atoms with Gasteiger partial charge < -0.3 is 19.3 Å². The number of fused-ring (bicyclic) bond motifs is 2. The molecule has 2 aliphatic heterocycles. The zero-order valence-electron chi connectivity index (χ0n) is 17.8. The number of anilines is 2. The summed E-state index contributed by atoms with van der Waals surface area (Å²) in [6, 6.07) is 11.0. The van der Waals surface area contributed by atoms with Crippen molar-refractivity contribution in [1.82, 2.24) is 0 Å². The molecule has 0 fully saturated rings. The fourth-order valence-corrected chi connectivity index (χ4v) is 3.99. The number of ether oxygens (including phenoxy) is 2. The summed E-state index contributed by atoms with van der Waals surface area (Å²) in [5.41, 5.74) is 2.85. The van der Waals surface area contributed by atoms with Crippen molar-refractivity contribution < 1.29 is 19.1 Å². The summed E-state index contributed by atoms with van der Waals surface area (Å²) in [5, 5.41) is 0. The number of ketones is 2. The first-order valence-electron chi connectivity index (χ1n) is 10.5. The summed E-state index contributed by atoms with van der Waals surface area (Å²) in [7, 11) is 0. The van der Waals surface area contributed by atoms with E-state index in [-0.39, 0.29) is 23.1 Å². The Labute approximate surface area is 176 Å². The highest BCUT2D eigenvalue weighted by atomic mass is 16.5. The second-order valence-electron chi connectivity index (χ2n) is 7.23. The molecule has 0 saturated heterocycles. The molecule has 6 nitrogen and oxygen atoms in total. The molecule has 0 aliphatic carbocycles. The van der Waals surface area contributed by atoms with Gasteiger partial charge in [0, 0.05) is 49.7 Å². The highest BCUT2D eigenvalue weighted by molar-refractivity contribution is 6.21. The first-order chi connectivity index (χ1) is 14.5. The standard InChI is InChI=1S/C24H26N2O4/c1-5-25(6-2)15-9-11-17-19(13-15)29-23(21(17)27)24-22(28)18-12-10-16(14-20(18)30-24)26(7-3)8-4/h9-14H,5-8H2,1-4H3/b24-23+. The van der Waals surface area contributed by atoms with E-state index < -0.39 is 0 Å². The van der Waals surface area contributed by atoms with Crippen molar-refractivity contribution in [1.29, 1.82) is 0 Å². The molecule has 0 amide bonds. The number of allylic oxidation sites excluding steroid dienone is 2. The monoisotopic (exact) mass is 406 g/mol. The maximum Gasteiger partial charge on any atom is 0.236 e. The molecule has 0 radical (unpaired) electrons. The van der Waals surface area contributed by atoms with Gasteiger partial charge in [0.2, 0.25) is 23.1 Å². The van der Waals surface area contributed by atoms with E-state index >= 15 is 0 Å². The number of hydrogen-bond acceptors (Lipinski definition) is 6. The molecule has 0 unspecified atom stereocenters. The largest absolute Gasteiger partial charge is 0.448 e. The van der Waals surface area contributed by atoms with Crippen molar-refractivity contribution >= 4 is 22.9 Å². The van der Waals surface area contributed by atoms with Crippen molar-refractivity contribution in [2.75, 3.05) is 36.0 Å². The molecule has 0 saturated carbocycles. The van der Waals surface area contributed by atoms with Crippen LogP contribution in [0.4, 0.5) is 11.4 Å². The lowest BCUT2D eigenvalue weighted by Gasteiger charge is -2.21. The lowest BCUT2D eigenvalue weighted by molar-refractivity contribution is 0.0960. The molecule has 156 valence electrons. The van der Waals surface area contributed by atoms with Crippen LogP contribution in [0.3, 0.4) is 0 Å². The molecular formula is C24H26N2O4. The molecule has 0 bridgehead atoms. The Bertz CT molecular complexity index is 966. The molecule has 30 heavy (non-hydrogen) atoms. The van der Waals surface area contributed by atoms with Crippen molar-refractivity contribution in [2.45, 2.75) is 27.7 Å². The van der Waals surface area contributed by atoms with Crippen LogP contribution in [0.25, 0.3) is 0 Å². The predicted octanol–water partition coefficient (Wildman–Crippen LogP) is 4.44. The Morgan fingerprint density at radius 1 is 0.633 bits per heavy atom. The number of nitrogens with zero attached hydrogens (tertiary/aromatic N) is 2. The van der Waals surface area contributed by atoms with Crippen LogP contribution in [-0.2, 0) is 0 Å². The van der Waals surface area contributed by atoms with E-state index in [1.807, 2.05) is 24.3 Å². The number of benzene rings is 2. The SMILES string of the molecule is CCN(CC)c1ccc2c(c1)O/C(=C1/Oc3cc(N(CC)CC)ccc3C1=O)C2=O. The minimum absolute atomic E-state index is 0.0349. The third kappa shape index (κ3) is 3.12. The first kappa shape index (κ1) is 20.0. The van der Waals surface area contributed by atoms with Gasteiger partial charge in [-0.15, -0.1) is 0 Å². The molecule has 0 spiro atoms. The molecular weight excluding hydrogens is 380 g/mol. The van der Waals surface area contributed by atoms with Crippen LogP contribution in [0, 0.1) is 0 Å². The highest BCUT2D eigenvalue weighted by Gasteiger charge is 2.39. The molecule has 0 N–H and O–H groups in total. The van der Waals surface area contributed by atoms with Gasteiger partial charge in [-0.05, 0) is 52.0 Å². The van der Waals surface area contributed by atoms with Gasteiger partial charge in [-0.2, -0.15) is 0 Å². The third-order valence-electron chi connectivity index (χ3n) is 5.72. The summed E-state index contributed by atoms with van der Waals surface area (Å²) in [5.74, 6) is 0.207. The number of carbonyl (C=O) groups is 2. The lowest BCUT2D eigenvalue weighted by atomic mass is 10.1. The molecule has 0 aromatic heterocycles. The number of carbonyl (C=O) groups excluding carboxylic acids is 2. The lowest BCUT2D eigenvalue weighted by Crippen LogP contribution is -2.21. The van der Waals surface area contributed by atoms with Gasteiger partial charge in [-0.25, -0.2) is 0 Å². The Hall–Kier alpha value is -3.28. The Balaban J connectivity index is 1.68. The van der Waals surface area contributed by atoms with Gasteiger partial charge in [0.25, 0.3) is 0 Å². The maximum absolute atomic E-state index is 12.9. The van der Waals surface area contributed by atoms with E-state index in [0.29, 0.717) is 22.6 Å². The Kier molecular flexibility index (Phi) is 5.24. The van der Waals surface area contributed by atoms with Crippen LogP contribution in [0.2, 0.25) is 0 Å². The average molecular weight is 406 g/mol. The molecule has 2 aromatic carbocycles. The Morgan fingerprint density at radius 2 is 1.00 bits per heavy atom. The zero-order chi connectivity index (χ0) is 21.4. The van der Waals surface area contributed by atoms with Crippen LogP contribution in [0.1, 0.15) is 48.4 Å². The normalized spacial score (nSPS) is 16.8. The quantitative estimate of drug-likeness (QED) is 0.661. The minimum Gasteiger partial charge on any atom is -0.448 e. The molecule has 2 aliphatic rings. The molecule has 2 aromatic rings. The fourth-order valence-electron chi connectivity index (χ4n) is 3.99. The second-order valence-corrected chi connectivity index (χ2v) is 7.23. The molecule has 4 rings (SSSR count). The minimum atomic E-state index is -0.323. The van der Waals surface area contributed by atoms with Crippen molar-refractivity contribution in [3.8, 4) is 11.5 Å². The van der Waals surface area contributed by atoms with Gasteiger partial charge in [0.05, 0.1) is 11.1 Å². The van der Waals surface area contributed by atoms with Crippen LogP contribution >= 0.6 is 0 Å². The van der Waals surface area contributed by atoms with E-state index in [1.54, 1.807) is 12.1 Å². The number of rotatable bonds is 6. The van der Waals surface area contributed by atoms with Gasteiger partial charge in [-0.3, -0.25) is 9.59 Å². The highest BCUT2D eigenvalue weighted by Crippen LogP contribution is 2.40. The van der Waals surface area contributed by atoms with Crippen LogP contribution in [0.5, 0.6) is 11.5 Å². The van der Waals surface area contributed by atoms with E-state index in [9.17, 15) is 9.59 Å². The van der Waals surface area contributed by atoms with E-state index in [0.717, 1.165) is 37.6 Å². The maximum atomic E-state index is 12.9. The fraction of sp³-hybridized carbons (Fsp3) is 0.333. The summed E-state index contributed by atoms with van der Waals surface area (Å²) < 4.78 is 11.7. The summed E-state index contributed by atoms with van der Waals surface area (Å²) in [6.45, 7) is 11.7. The summed E-state index contributed by atoms with van der Waals surface area (Å²) in [4.78, 5) is 30.2. The van der Waals surface area contributed by atoms with Crippen molar-refractivity contribution in [3.05, 3.63) is 59.0 Å². The van der Waals surface area contributed by atoms with Crippen LogP contribution < -0.4 is 19.3 Å². The van der Waals surface area contributed by atoms with Gasteiger partial charge in [-0.1, -0.05) is 0 Å². The molecule has 2 heterocycles. The Morgan fingerprint density at radius 3 is 1.33 bits per heavy atom. The van der Waals surface area contributed by atoms with Crippen molar-refractivity contribution in [2.24, 2.45) is 0 Å². The topological polar surface area (TPSA) is 59.1 Å². The smallest absolute Gasteiger partial charge is 0.236 e. The van der Waals surface area contributed by atoms with Crippen LogP contribution in [0.15, 0.2) is 47.9 Å². The molecule has 0 atom stereocenters. The third-order valence-corrected chi connectivity index (χ3v) is 5.72. The average Bonchev–Trinajstić information content (AvgIpc) is 3.26. The van der Waals surface area contributed by atoms with E-state index in [1.165, 1.54) is 0 Å². The zero-order valence-corrected chi connectivity index (χ0v) is 17.8. The number of hydrogen-bond donors (Lipinski definition) is 0. The summed E-state index contributed by atoms with van der Waals surface area (Å²) >= 11 is 0. The van der Waals surface area contributed by atoms with E-state index in [4.69, 9.17) is 9.47 Å². The van der Waals surface area contributed by atoms with Crippen LogP contribution in [-0.4, -0.2) is 37.7 Å². The van der Waals surface area contributed by atoms with Gasteiger partial charge >= 0.3 is 0 Å². The van der Waals surface area contributed by atoms with Gasteiger partial charge in [0.15, 0.2) is 0 Å². The van der Waals surface area contributed by atoms with Crippen molar-refractivity contribution in [3.63, 3.8) is 0 Å². The summed E-state index contributed by atoms with van der Waals surface area (Å²) in [6.07, 6.45) is 0. The van der Waals surface area contributed by atoms with Gasteiger partial charge in [0.1, 0.15) is 11.5 Å². The van der Waals surface area contributed by atoms with E-state index in [2.05, 4.69) is 37.5 Å². The second kappa shape index (κ2) is 7.86. The number of Topliss-reactive ketones (excluding diaryl/α,β-unsaturated/α-hetero) is 2. The predicted molar refractivity (Wildman–Crippen MR) is 117 cm³/mol. The first-order valence-corrected chi connectivity index (χ1v) is 10.5. The molecule has 6 heteroatoms.